The van der Waals surface area contributed by atoms with E-state index in [2.05, 4.69) is 0 Å². The first-order valence-corrected chi connectivity index (χ1v) is 5.88. The van der Waals surface area contributed by atoms with E-state index in [0.29, 0.717) is 0 Å². The zero-order chi connectivity index (χ0) is 16.2. The number of carbonyl (C=O) groups excluding carboxylic acids is 2. The summed E-state index contributed by atoms with van der Waals surface area (Å²) in [6.07, 6.45) is -6.05. The number of Topliss-reactive ketones (excluding diaryl/α,β-unsaturated/α-hetero) is 1. The van der Waals surface area contributed by atoms with E-state index in [1.807, 2.05) is 0 Å². The summed E-state index contributed by atoms with van der Waals surface area (Å²) in [6.45, 7) is 0. The van der Waals surface area contributed by atoms with Crippen molar-refractivity contribution in [2.75, 3.05) is 0 Å². The highest BCUT2D eigenvalue weighted by Crippen LogP contribution is 2.16. The average molecular weight is 324 g/mol. The molecule has 0 unspecified atom stereocenters. The number of rotatable bonds is 5. The molecule has 1 aromatic carbocycles. The predicted octanol–water partition coefficient (Wildman–Crippen LogP) is 2.04. The molecule has 0 radical (unpaired) electrons. The molecule has 0 fully saturated rings. The van der Waals surface area contributed by atoms with Crippen molar-refractivity contribution >= 4 is 29.3 Å². The number of ketones is 1. The van der Waals surface area contributed by atoms with Gasteiger partial charge in [-0.2, -0.15) is 13.2 Å². The van der Waals surface area contributed by atoms with Gasteiger partial charge in [-0.15, -0.1) is 0 Å². The van der Waals surface area contributed by atoms with Crippen molar-refractivity contribution in [3.05, 3.63) is 34.9 Å². The van der Waals surface area contributed by atoms with Gasteiger partial charge in [-0.1, -0.05) is 23.7 Å². The Kier molecular flexibility index (Phi) is 5.31. The van der Waals surface area contributed by atoms with Gasteiger partial charge in [-0.3, -0.25) is 9.59 Å². The minimum absolute atomic E-state index is 0.0370. The third-order valence-electron chi connectivity index (χ3n) is 2.40. The second kappa shape index (κ2) is 6.57. The molecule has 2 N–H and O–H groups in total. The quantitative estimate of drug-likeness (QED) is 0.812. The van der Waals surface area contributed by atoms with Crippen LogP contribution in [-0.2, 0) is 9.59 Å². The number of carboxylic acids is 1. The standard InChI is InChI=1S/C12H9ClF3NO4/c13-7-3-1-2-6(4-7)9(18)5-8(10(19)20)17-11(21)12(14,15)16/h1-4,8H,5H2,(H,17,21)(H,19,20)/t8-/m1/s1. The topological polar surface area (TPSA) is 83.5 Å². The normalized spacial score (nSPS) is 12.6. The third kappa shape index (κ3) is 5.07. The highest BCUT2D eigenvalue weighted by Gasteiger charge is 2.41. The zero-order valence-corrected chi connectivity index (χ0v) is 11.0. The molecule has 0 bridgehead atoms. The Morgan fingerprint density at radius 2 is 1.90 bits per heavy atom. The summed E-state index contributed by atoms with van der Waals surface area (Å²) in [6, 6.07) is 3.50. The molecular weight excluding hydrogens is 315 g/mol. The number of hydrogen-bond acceptors (Lipinski definition) is 3. The van der Waals surface area contributed by atoms with Gasteiger partial charge in [0.2, 0.25) is 0 Å². The SMILES string of the molecule is O=C(C[C@@H](NC(=O)C(F)(F)F)C(=O)O)c1cccc(Cl)c1. The van der Waals surface area contributed by atoms with Gasteiger partial charge in [0, 0.05) is 17.0 Å². The van der Waals surface area contributed by atoms with Crippen molar-refractivity contribution in [3.8, 4) is 0 Å². The number of carboxylic acid groups (broad SMARTS) is 1. The molecule has 0 saturated carbocycles. The van der Waals surface area contributed by atoms with E-state index in [9.17, 15) is 27.6 Å². The molecule has 1 aromatic rings. The molecule has 114 valence electrons. The average Bonchev–Trinajstić information content (AvgIpc) is 2.36. The Balaban J connectivity index is 2.82. The molecule has 0 saturated heterocycles. The Hall–Kier alpha value is -2.09. The van der Waals surface area contributed by atoms with Gasteiger partial charge in [0.25, 0.3) is 0 Å². The second-order valence-electron chi connectivity index (χ2n) is 4.00. The maximum absolute atomic E-state index is 12.1. The van der Waals surface area contributed by atoms with E-state index in [1.165, 1.54) is 29.6 Å². The summed E-state index contributed by atoms with van der Waals surface area (Å²) in [5, 5.41) is 10.2. The summed E-state index contributed by atoms with van der Waals surface area (Å²) in [4.78, 5) is 33.3. The number of carbonyl (C=O) groups is 3. The number of aliphatic carboxylic acids is 1. The van der Waals surface area contributed by atoms with Crippen LogP contribution in [0.25, 0.3) is 0 Å². The van der Waals surface area contributed by atoms with Crippen LogP contribution in [0.15, 0.2) is 24.3 Å². The molecule has 0 aliphatic carbocycles. The van der Waals surface area contributed by atoms with Gasteiger partial charge in [-0.25, -0.2) is 4.79 Å². The fourth-order valence-electron chi connectivity index (χ4n) is 1.41. The van der Waals surface area contributed by atoms with Crippen LogP contribution >= 0.6 is 11.6 Å². The largest absolute Gasteiger partial charge is 0.480 e. The zero-order valence-electron chi connectivity index (χ0n) is 10.3. The lowest BCUT2D eigenvalue weighted by Gasteiger charge is -2.15. The van der Waals surface area contributed by atoms with Gasteiger partial charge in [0.1, 0.15) is 6.04 Å². The van der Waals surface area contributed by atoms with Crippen molar-refractivity contribution in [2.45, 2.75) is 18.6 Å². The van der Waals surface area contributed by atoms with Crippen LogP contribution in [0.3, 0.4) is 0 Å². The van der Waals surface area contributed by atoms with Crippen molar-refractivity contribution in [3.63, 3.8) is 0 Å². The van der Waals surface area contributed by atoms with Crippen molar-refractivity contribution in [1.29, 1.82) is 0 Å². The van der Waals surface area contributed by atoms with Crippen molar-refractivity contribution in [1.82, 2.24) is 5.32 Å². The number of hydrogen-bond donors (Lipinski definition) is 2. The molecule has 1 rings (SSSR count). The first-order chi connectivity index (χ1) is 9.61. The van der Waals surface area contributed by atoms with E-state index in [1.54, 1.807) is 0 Å². The molecular formula is C12H9ClF3NO4. The number of amides is 1. The number of halogens is 4. The van der Waals surface area contributed by atoms with E-state index >= 15 is 0 Å². The van der Waals surface area contributed by atoms with E-state index < -0.39 is 36.3 Å². The molecule has 9 heteroatoms. The summed E-state index contributed by atoms with van der Waals surface area (Å²) < 4.78 is 36.2. The fraction of sp³-hybridized carbons (Fsp3) is 0.250. The van der Waals surface area contributed by atoms with Crippen LogP contribution in [0.5, 0.6) is 0 Å². The summed E-state index contributed by atoms with van der Waals surface area (Å²) in [5.74, 6) is -4.93. The Labute approximate surface area is 121 Å². The molecule has 21 heavy (non-hydrogen) atoms. The second-order valence-corrected chi connectivity index (χ2v) is 4.44. The molecule has 0 aliphatic heterocycles. The maximum Gasteiger partial charge on any atom is 0.471 e. The van der Waals surface area contributed by atoms with Crippen LogP contribution in [0.4, 0.5) is 13.2 Å². The Bertz CT molecular complexity index is 574. The predicted molar refractivity (Wildman–Crippen MR) is 66.0 cm³/mol. The first-order valence-electron chi connectivity index (χ1n) is 5.50. The van der Waals surface area contributed by atoms with Gasteiger partial charge < -0.3 is 10.4 Å². The monoisotopic (exact) mass is 323 g/mol. The Morgan fingerprint density at radius 3 is 2.38 bits per heavy atom. The highest BCUT2D eigenvalue weighted by atomic mass is 35.5. The van der Waals surface area contributed by atoms with Crippen LogP contribution in [0.1, 0.15) is 16.8 Å². The van der Waals surface area contributed by atoms with E-state index in [4.69, 9.17) is 16.7 Å². The van der Waals surface area contributed by atoms with Gasteiger partial charge >= 0.3 is 18.1 Å². The third-order valence-corrected chi connectivity index (χ3v) is 2.63. The number of alkyl halides is 3. The molecule has 1 atom stereocenters. The molecule has 5 nitrogen and oxygen atoms in total. The number of benzene rings is 1. The molecule has 0 aliphatic rings. The van der Waals surface area contributed by atoms with Crippen LogP contribution in [0, 0.1) is 0 Å². The van der Waals surface area contributed by atoms with Gasteiger partial charge in [0.05, 0.1) is 0 Å². The van der Waals surface area contributed by atoms with Crippen LogP contribution in [0.2, 0.25) is 5.02 Å². The summed E-state index contributed by atoms with van der Waals surface area (Å²) >= 11 is 5.65. The van der Waals surface area contributed by atoms with Gasteiger partial charge in [-0.05, 0) is 12.1 Å². The highest BCUT2D eigenvalue weighted by molar-refractivity contribution is 6.31. The first kappa shape index (κ1) is 17.0. The summed E-state index contributed by atoms with van der Waals surface area (Å²) in [5.41, 5.74) is 0.0370. The maximum atomic E-state index is 12.1. The fourth-order valence-corrected chi connectivity index (χ4v) is 1.60. The smallest absolute Gasteiger partial charge is 0.471 e. The van der Waals surface area contributed by atoms with Gasteiger partial charge in [0.15, 0.2) is 5.78 Å². The summed E-state index contributed by atoms with van der Waals surface area (Å²) in [7, 11) is 0. The van der Waals surface area contributed by atoms with Crippen molar-refractivity contribution < 1.29 is 32.7 Å². The minimum Gasteiger partial charge on any atom is -0.480 e. The lowest BCUT2D eigenvalue weighted by Crippen LogP contribution is -2.47. The molecule has 0 aromatic heterocycles. The lowest BCUT2D eigenvalue weighted by atomic mass is 10.0. The van der Waals surface area contributed by atoms with E-state index in [-0.39, 0.29) is 10.6 Å². The Morgan fingerprint density at radius 1 is 1.29 bits per heavy atom. The van der Waals surface area contributed by atoms with E-state index in [0.717, 1.165) is 0 Å². The number of nitrogens with one attached hydrogen (secondary N) is 1. The molecule has 1 amide bonds. The van der Waals surface area contributed by atoms with Crippen LogP contribution < -0.4 is 5.32 Å². The lowest BCUT2D eigenvalue weighted by molar-refractivity contribution is -0.175. The van der Waals surface area contributed by atoms with Crippen molar-refractivity contribution in [2.24, 2.45) is 0 Å². The molecule has 0 heterocycles. The van der Waals surface area contributed by atoms with Crippen LogP contribution in [-0.4, -0.2) is 35.0 Å². The minimum atomic E-state index is -5.23. The molecule has 0 spiro atoms.